The Bertz CT molecular complexity index is 1530. The van der Waals surface area contributed by atoms with Crippen LogP contribution in [0.2, 0.25) is 0 Å². The van der Waals surface area contributed by atoms with Crippen LogP contribution in [0.3, 0.4) is 0 Å². The fourth-order valence-electron chi connectivity index (χ4n) is 5.29. The van der Waals surface area contributed by atoms with Gasteiger partial charge in [-0.15, -0.1) is 0 Å². The molecule has 1 saturated carbocycles. The van der Waals surface area contributed by atoms with E-state index >= 15 is 4.39 Å². The zero-order chi connectivity index (χ0) is 32.6. The maximum atomic E-state index is 15.4. The summed E-state index contributed by atoms with van der Waals surface area (Å²) in [6.07, 6.45) is 5.15. The van der Waals surface area contributed by atoms with Gasteiger partial charge in [-0.1, -0.05) is 12.2 Å². The van der Waals surface area contributed by atoms with E-state index in [0.717, 1.165) is 18.9 Å². The molecule has 12 heteroatoms. The van der Waals surface area contributed by atoms with Crippen LogP contribution in [0.15, 0.2) is 23.1 Å². The Kier molecular flexibility index (Phi) is 9.41. The molecular formula is C32H41F2N3O7. The summed E-state index contributed by atoms with van der Waals surface area (Å²) in [5.74, 6) is -3.22. The first kappa shape index (κ1) is 32.9. The van der Waals surface area contributed by atoms with Crippen LogP contribution in [0.25, 0.3) is 17.0 Å². The van der Waals surface area contributed by atoms with Crippen LogP contribution in [0, 0.1) is 11.6 Å². The van der Waals surface area contributed by atoms with E-state index in [9.17, 15) is 23.6 Å². The molecule has 0 bridgehead atoms. The van der Waals surface area contributed by atoms with Crippen molar-refractivity contribution in [3.05, 3.63) is 51.3 Å². The molecular weight excluding hydrogens is 576 g/mol. The molecule has 1 aromatic carbocycles. The minimum Gasteiger partial charge on any atom is -0.462 e. The molecule has 2 aromatic rings. The van der Waals surface area contributed by atoms with Crippen LogP contribution >= 0.6 is 0 Å². The predicted molar refractivity (Wildman–Crippen MR) is 161 cm³/mol. The average molecular weight is 618 g/mol. The van der Waals surface area contributed by atoms with Crippen LogP contribution in [-0.4, -0.2) is 64.1 Å². The van der Waals surface area contributed by atoms with Crippen molar-refractivity contribution >= 4 is 35.1 Å². The molecule has 0 spiro atoms. The van der Waals surface area contributed by atoms with E-state index in [1.807, 2.05) is 0 Å². The minimum absolute atomic E-state index is 0.0523. The zero-order valence-corrected chi connectivity index (χ0v) is 26.3. The molecule has 44 heavy (non-hydrogen) atoms. The molecule has 1 saturated heterocycles. The van der Waals surface area contributed by atoms with Crippen molar-refractivity contribution in [3.8, 4) is 0 Å². The molecule has 2 atom stereocenters. The SMILES string of the molecule is CCOC(=O)c1cn(C2CC2)c2c(/C=C\C[C@@H]3[C@H](NC(=O)OC(C)(C)C)CCN3C(=O)OC(C)(C)C)c(F)c(F)cc2c1=O. The number of benzene rings is 1. The Labute approximate surface area is 255 Å². The summed E-state index contributed by atoms with van der Waals surface area (Å²) in [6.45, 7) is 12.4. The van der Waals surface area contributed by atoms with Crippen molar-refractivity contribution in [2.75, 3.05) is 13.2 Å². The maximum absolute atomic E-state index is 15.4. The van der Waals surface area contributed by atoms with Gasteiger partial charge in [0.05, 0.1) is 29.6 Å². The van der Waals surface area contributed by atoms with Crippen molar-refractivity contribution in [2.24, 2.45) is 0 Å². The molecule has 1 aromatic heterocycles. The Morgan fingerprint density at radius 2 is 1.70 bits per heavy atom. The molecule has 10 nitrogen and oxygen atoms in total. The number of rotatable bonds is 7. The van der Waals surface area contributed by atoms with Crippen LogP contribution in [0.1, 0.15) is 96.1 Å². The number of hydrogen-bond donors (Lipinski definition) is 1. The number of hydrogen-bond acceptors (Lipinski definition) is 7. The fourth-order valence-corrected chi connectivity index (χ4v) is 5.29. The highest BCUT2D eigenvalue weighted by atomic mass is 19.2. The summed E-state index contributed by atoms with van der Waals surface area (Å²) < 4.78 is 48.0. The first-order valence-electron chi connectivity index (χ1n) is 14.9. The Morgan fingerprint density at radius 3 is 2.30 bits per heavy atom. The summed E-state index contributed by atoms with van der Waals surface area (Å²) in [7, 11) is 0. The van der Waals surface area contributed by atoms with Gasteiger partial charge in [0.25, 0.3) is 0 Å². The zero-order valence-electron chi connectivity index (χ0n) is 26.3. The molecule has 2 amide bonds. The van der Waals surface area contributed by atoms with Gasteiger partial charge in [0, 0.05) is 24.3 Å². The van der Waals surface area contributed by atoms with Gasteiger partial charge in [0.15, 0.2) is 11.6 Å². The van der Waals surface area contributed by atoms with Crippen molar-refractivity contribution < 1.29 is 37.4 Å². The normalized spacial score (nSPS) is 19.0. The number of pyridine rings is 1. The number of halogens is 2. The molecule has 0 radical (unpaired) electrons. The summed E-state index contributed by atoms with van der Waals surface area (Å²) in [5.41, 5.74) is -2.48. The molecule has 2 aliphatic rings. The summed E-state index contributed by atoms with van der Waals surface area (Å²) in [4.78, 5) is 53.0. The van der Waals surface area contributed by atoms with E-state index in [1.165, 1.54) is 17.2 Å². The van der Waals surface area contributed by atoms with Gasteiger partial charge < -0.3 is 29.0 Å². The molecule has 240 valence electrons. The summed E-state index contributed by atoms with van der Waals surface area (Å²) in [6, 6.07) is -0.373. The number of alkyl carbamates (subject to hydrolysis) is 1. The maximum Gasteiger partial charge on any atom is 0.410 e. The monoisotopic (exact) mass is 617 g/mol. The molecule has 1 aliphatic heterocycles. The lowest BCUT2D eigenvalue weighted by Gasteiger charge is -2.30. The lowest BCUT2D eigenvalue weighted by Crippen LogP contribution is -2.48. The Morgan fingerprint density at radius 1 is 1.05 bits per heavy atom. The van der Waals surface area contributed by atoms with Crippen LogP contribution in [-0.2, 0) is 14.2 Å². The first-order valence-corrected chi connectivity index (χ1v) is 14.9. The lowest BCUT2D eigenvalue weighted by molar-refractivity contribution is 0.0204. The number of amides is 2. The smallest absolute Gasteiger partial charge is 0.410 e. The Hall–Kier alpha value is -3.96. The third kappa shape index (κ3) is 7.57. The van der Waals surface area contributed by atoms with E-state index in [-0.39, 0.29) is 41.1 Å². The van der Waals surface area contributed by atoms with Gasteiger partial charge >= 0.3 is 18.2 Å². The molecule has 0 unspecified atom stereocenters. The lowest BCUT2D eigenvalue weighted by atomic mass is 10.0. The second-order valence-corrected chi connectivity index (χ2v) is 13.1. The number of carbonyl (C=O) groups excluding carboxylic acids is 3. The van der Waals surface area contributed by atoms with E-state index in [4.69, 9.17) is 14.2 Å². The molecule has 1 aliphatic carbocycles. The van der Waals surface area contributed by atoms with Crippen molar-refractivity contribution in [2.45, 2.75) is 103 Å². The average Bonchev–Trinajstić information content (AvgIpc) is 3.66. The van der Waals surface area contributed by atoms with Gasteiger partial charge in [0.2, 0.25) is 5.43 Å². The van der Waals surface area contributed by atoms with E-state index in [0.29, 0.717) is 13.0 Å². The predicted octanol–water partition coefficient (Wildman–Crippen LogP) is 6.10. The van der Waals surface area contributed by atoms with E-state index in [1.54, 1.807) is 59.1 Å². The molecule has 4 rings (SSSR count). The van der Waals surface area contributed by atoms with E-state index in [2.05, 4.69) is 5.32 Å². The summed E-state index contributed by atoms with van der Waals surface area (Å²) >= 11 is 0. The van der Waals surface area contributed by atoms with Gasteiger partial charge in [-0.2, -0.15) is 0 Å². The van der Waals surface area contributed by atoms with Crippen molar-refractivity contribution in [1.29, 1.82) is 0 Å². The van der Waals surface area contributed by atoms with Crippen molar-refractivity contribution in [3.63, 3.8) is 0 Å². The third-order valence-corrected chi connectivity index (χ3v) is 7.22. The van der Waals surface area contributed by atoms with Gasteiger partial charge in [0.1, 0.15) is 16.8 Å². The molecule has 2 heterocycles. The highest BCUT2D eigenvalue weighted by Gasteiger charge is 2.40. The number of esters is 1. The largest absolute Gasteiger partial charge is 0.462 e. The van der Waals surface area contributed by atoms with Gasteiger partial charge in [-0.05, 0) is 80.2 Å². The van der Waals surface area contributed by atoms with Gasteiger partial charge in [-0.25, -0.2) is 23.2 Å². The van der Waals surface area contributed by atoms with Gasteiger partial charge in [-0.3, -0.25) is 4.79 Å². The third-order valence-electron chi connectivity index (χ3n) is 7.22. The topological polar surface area (TPSA) is 116 Å². The van der Waals surface area contributed by atoms with Crippen LogP contribution < -0.4 is 10.7 Å². The number of carbonyl (C=O) groups is 3. The fraction of sp³-hybridized carbons (Fsp3) is 0.562. The van der Waals surface area contributed by atoms with E-state index < -0.39 is 58.5 Å². The number of fused-ring (bicyclic) bond motifs is 1. The second kappa shape index (κ2) is 12.6. The first-order chi connectivity index (χ1) is 20.5. The van der Waals surface area contributed by atoms with Crippen LogP contribution in [0.4, 0.5) is 18.4 Å². The molecule has 2 fully saturated rings. The second-order valence-electron chi connectivity index (χ2n) is 13.1. The summed E-state index contributed by atoms with van der Waals surface area (Å²) in [5, 5.41) is 2.69. The number of aromatic nitrogens is 1. The number of nitrogens with one attached hydrogen (secondary N) is 1. The number of ether oxygens (including phenoxy) is 3. The highest BCUT2D eigenvalue weighted by Crippen LogP contribution is 2.39. The minimum atomic E-state index is -1.24. The van der Waals surface area contributed by atoms with Crippen molar-refractivity contribution in [1.82, 2.24) is 14.8 Å². The standard InChI is InChI=1S/C32H41F2N3O7/c1-8-42-28(39)21-17-37(18-12-13-18)26-19(25(34)22(33)16-20(26)27(21)38)10-9-11-24-23(35-29(40)43-31(2,3)4)14-15-36(24)30(41)44-32(5,6)7/h9-10,16-18,23-24H,8,11-15H2,1-7H3,(H,35,40)/b10-9-/t23-,24-/m1/s1. The van der Waals surface area contributed by atoms with Crippen LogP contribution in [0.5, 0.6) is 0 Å². The quantitative estimate of drug-likeness (QED) is 0.295. The number of likely N-dealkylation sites (tertiary alicyclic amines) is 1. The Balaban J connectivity index is 1.72. The molecule has 1 N–H and O–H groups in total. The highest BCUT2D eigenvalue weighted by molar-refractivity contribution is 5.96. The number of nitrogens with zero attached hydrogens (tertiary/aromatic N) is 2.